The standard InChI is InChI=1S/C11H11N3/c1-2-9(6-12-5-1)11-4-3-10-7-13-8-14(10)11/h1-2,5-8,11H,3-4H2. The molecule has 0 spiro atoms. The summed E-state index contributed by atoms with van der Waals surface area (Å²) in [6, 6.07) is 4.57. The van der Waals surface area contributed by atoms with Gasteiger partial charge in [-0.25, -0.2) is 4.98 Å². The molecule has 2 aromatic heterocycles. The van der Waals surface area contributed by atoms with E-state index in [2.05, 4.69) is 20.6 Å². The van der Waals surface area contributed by atoms with E-state index in [1.807, 2.05) is 31.0 Å². The molecule has 0 amide bonds. The van der Waals surface area contributed by atoms with Crippen molar-refractivity contribution in [2.24, 2.45) is 0 Å². The number of hydrogen-bond donors (Lipinski definition) is 0. The lowest BCUT2D eigenvalue weighted by Crippen LogP contribution is -2.04. The van der Waals surface area contributed by atoms with Gasteiger partial charge in [0.25, 0.3) is 0 Å². The van der Waals surface area contributed by atoms with Crippen molar-refractivity contribution in [3.63, 3.8) is 0 Å². The predicted octanol–water partition coefficient (Wildman–Crippen LogP) is 1.81. The Morgan fingerprint density at radius 3 is 3.14 bits per heavy atom. The van der Waals surface area contributed by atoms with Crippen LogP contribution in [0.2, 0.25) is 0 Å². The molecule has 0 aliphatic carbocycles. The van der Waals surface area contributed by atoms with E-state index in [1.54, 1.807) is 0 Å². The van der Waals surface area contributed by atoms with Crippen molar-refractivity contribution in [2.75, 3.05) is 0 Å². The van der Waals surface area contributed by atoms with Gasteiger partial charge in [0.05, 0.1) is 12.4 Å². The van der Waals surface area contributed by atoms with Crippen LogP contribution in [-0.2, 0) is 6.42 Å². The summed E-state index contributed by atoms with van der Waals surface area (Å²) < 4.78 is 2.25. The molecule has 14 heavy (non-hydrogen) atoms. The molecule has 1 aliphatic rings. The Balaban J connectivity index is 2.03. The highest BCUT2D eigenvalue weighted by atomic mass is 15.1. The lowest BCUT2D eigenvalue weighted by Gasteiger charge is -2.11. The van der Waals surface area contributed by atoms with Crippen molar-refractivity contribution in [3.8, 4) is 0 Å². The Labute approximate surface area is 82.4 Å². The summed E-state index contributed by atoms with van der Waals surface area (Å²) >= 11 is 0. The number of pyridine rings is 1. The second-order valence-electron chi connectivity index (χ2n) is 3.63. The van der Waals surface area contributed by atoms with Gasteiger partial charge in [0, 0.05) is 24.3 Å². The van der Waals surface area contributed by atoms with Gasteiger partial charge in [-0.1, -0.05) is 6.07 Å². The molecule has 1 aliphatic heterocycles. The topological polar surface area (TPSA) is 30.7 Å². The average Bonchev–Trinajstić information content (AvgIpc) is 2.79. The van der Waals surface area contributed by atoms with Crippen LogP contribution < -0.4 is 0 Å². The molecule has 1 unspecified atom stereocenters. The fourth-order valence-electron chi connectivity index (χ4n) is 2.13. The largest absolute Gasteiger partial charge is 0.327 e. The van der Waals surface area contributed by atoms with Crippen LogP contribution in [-0.4, -0.2) is 14.5 Å². The molecule has 0 aromatic carbocycles. The Bertz CT molecular complexity index is 433. The monoisotopic (exact) mass is 185 g/mol. The lowest BCUT2D eigenvalue weighted by atomic mass is 10.1. The maximum Gasteiger partial charge on any atom is 0.0953 e. The molecule has 0 bridgehead atoms. The van der Waals surface area contributed by atoms with Crippen molar-refractivity contribution in [2.45, 2.75) is 18.9 Å². The van der Waals surface area contributed by atoms with Crippen LogP contribution in [0.3, 0.4) is 0 Å². The zero-order chi connectivity index (χ0) is 9.38. The Hall–Kier alpha value is -1.64. The van der Waals surface area contributed by atoms with Gasteiger partial charge >= 0.3 is 0 Å². The van der Waals surface area contributed by atoms with Crippen LogP contribution >= 0.6 is 0 Å². The van der Waals surface area contributed by atoms with Gasteiger partial charge in [-0.3, -0.25) is 4.98 Å². The summed E-state index contributed by atoms with van der Waals surface area (Å²) in [5, 5.41) is 0. The second kappa shape index (κ2) is 2.94. The minimum absolute atomic E-state index is 0.446. The van der Waals surface area contributed by atoms with Crippen LogP contribution in [0.4, 0.5) is 0 Å². The number of aryl methyl sites for hydroxylation is 1. The summed E-state index contributed by atoms with van der Waals surface area (Å²) in [5.74, 6) is 0. The summed E-state index contributed by atoms with van der Waals surface area (Å²) in [5.41, 5.74) is 2.61. The smallest absolute Gasteiger partial charge is 0.0953 e. The zero-order valence-electron chi connectivity index (χ0n) is 7.80. The maximum atomic E-state index is 4.16. The van der Waals surface area contributed by atoms with Crippen LogP contribution in [0, 0.1) is 0 Å². The molecule has 0 radical (unpaired) electrons. The zero-order valence-corrected chi connectivity index (χ0v) is 7.80. The molecule has 3 heteroatoms. The van der Waals surface area contributed by atoms with Crippen molar-refractivity contribution < 1.29 is 0 Å². The third kappa shape index (κ3) is 1.05. The highest BCUT2D eigenvalue weighted by molar-refractivity contribution is 5.21. The summed E-state index contributed by atoms with van der Waals surface area (Å²) in [4.78, 5) is 8.31. The van der Waals surface area contributed by atoms with Gasteiger partial charge in [-0.2, -0.15) is 0 Å². The quantitative estimate of drug-likeness (QED) is 0.678. The molecule has 0 saturated carbocycles. The van der Waals surface area contributed by atoms with Gasteiger partial charge in [-0.15, -0.1) is 0 Å². The first kappa shape index (κ1) is 7.74. The number of nitrogens with zero attached hydrogens (tertiary/aromatic N) is 3. The maximum absolute atomic E-state index is 4.16. The van der Waals surface area contributed by atoms with E-state index in [1.165, 1.54) is 17.7 Å². The van der Waals surface area contributed by atoms with Crippen molar-refractivity contribution >= 4 is 0 Å². The molecule has 0 fully saturated rings. The van der Waals surface area contributed by atoms with E-state index in [4.69, 9.17) is 0 Å². The number of aromatic nitrogens is 3. The summed E-state index contributed by atoms with van der Waals surface area (Å²) in [6.45, 7) is 0. The summed E-state index contributed by atoms with van der Waals surface area (Å²) in [6.07, 6.45) is 9.92. The Kier molecular flexibility index (Phi) is 1.63. The van der Waals surface area contributed by atoms with Crippen LogP contribution in [0.15, 0.2) is 37.1 Å². The van der Waals surface area contributed by atoms with Crippen molar-refractivity contribution in [1.82, 2.24) is 14.5 Å². The molecule has 70 valence electrons. The summed E-state index contributed by atoms with van der Waals surface area (Å²) in [7, 11) is 0. The molecule has 1 atom stereocenters. The first-order valence-corrected chi connectivity index (χ1v) is 4.86. The van der Waals surface area contributed by atoms with Crippen LogP contribution in [0.5, 0.6) is 0 Å². The highest BCUT2D eigenvalue weighted by Gasteiger charge is 2.22. The average molecular weight is 185 g/mol. The molecule has 2 aromatic rings. The normalized spacial score (nSPS) is 19.6. The minimum atomic E-state index is 0.446. The number of hydrogen-bond acceptors (Lipinski definition) is 2. The minimum Gasteiger partial charge on any atom is -0.327 e. The molecule has 0 saturated heterocycles. The first-order valence-electron chi connectivity index (χ1n) is 4.86. The molecule has 0 N–H and O–H groups in total. The second-order valence-corrected chi connectivity index (χ2v) is 3.63. The fraction of sp³-hybridized carbons (Fsp3) is 0.273. The van der Waals surface area contributed by atoms with E-state index in [0.717, 1.165) is 6.42 Å². The first-order chi connectivity index (χ1) is 6.95. The van der Waals surface area contributed by atoms with Crippen molar-refractivity contribution in [1.29, 1.82) is 0 Å². The molecule has 3 heterocycles. The van der Waals surface area contributed by atoms with E-state index >= 15 is 0 Å². The third-order valence-electron chi connectivity index (χ3n) is 2.83. The lowest BCUT2D eigenvalue weighted by molar-refractivity contribution is 0.613. The van der Waals surface area contributed by atoms with Gasteiger partial charge in [0.2, 0.25) is 0 Å². The van der Waals surface area contributed by atoms with E-state index in [-0.39, 0.29) is 0 Å². The van der Waals surface area contributed by atoms with Crippen LogP contribution in [0.1, 0.15) is 23.7 Å². The van der Waals surface area contributed by atoms with Gasteiger partial charge < -0.3 is 4.57 Å². The van der Waals surface area contributed by atoms with E-state index in [0.29, 0.717) is 6.04 Å². The van der Waals surface area contributed by atoms with Gasteiger partial charge in [0.1, 0.15) is 0 Å². The van der Waals surface area contributed by atoms with Crippen molar-refractivity contribution in [3.05, 3.63) is 48.3 Å². The number of rotatable bonds is 1. The SMILES string of the molecule is c1cncc(C2CCc3cncn32)c1. The van der Waals surface area contributed by atoms with E-state index in [9.17, 15) is 0 Å². The molecular formula is C11H11N3. The predicted molar refractivity (Wildman–Crippen MR) is 52.9 cm³/mol. The Morgan fingerprint density at radius 2 is 2.29 bits per heavy atom. The van der Waals surface area contributed by atoms with E-state index < -0.39 is 0 Å². The molecular weight excluding hydrogens is 174 g/mol. The van der Waals surface area contributed by atoms with Gasteiger partial charge in [-0.05, 0) is 24.5 Å². The Morgan fingerprint density at radius 1 is 1.29 bits per heavy atom. The molecule has 3 rings (SSSR count). The fourth-order valence-corrected chi connectivity index (χ4v) is 2.13. The van der Waals surface area contributed by atoms with Gasteiger partial charge in [0.15, 0.2) is 0 Å². The van der Waals surface area contributed by atoms with Crippen LogP contribution in [0.25, 0.3) is 0 Å². The number of fused-ring (bicyclic) bond motifs is 1. The number of imidazole rings is 1. The molecule has 3 nitrogen and oxygen atoms in total. The third-order valence-corrected chi connectivity index (χ3v) is 2.83. The highest BCUT2D eigenvalue weighted by Crippen LogP contribution is 2.30.